The Morgan fingerprint density at radius 3 is 2.75 bits per heavy atom. The Bertz CT molecular complexity index is 1460. The molecule has 0 fully saturated rings. The molecule has 1 aliphatic carbocycles. The van der Waals surface area contributed by atoms with Crippen molar-refractivity contribution in [1.82, 2.24) is 24.6 Å². The minimum atomic E-state index is -0.555. The van der Waals surface area contributed by atoms with Gasteiger partial charge < -0.3 is 9.64 Å². The summed E-state index contributed by atoms with van der Waals surface area (Å²) in [6, 6.07) is 9.65. The van der Waals surface area contributed by atoms with Crippen LogP contribution in [0, 0.1) is 0 Å². The monoisotopic (exact) mass is 502 g/mol. The highest BCUT2D eigenvalue weighted by atomic mass is 32.1. The fourth-order valence-corrected chi connectivity index (χ4v) is 5.49. The van der Waals surface area contributed by atoms with E-state index in [9.17, 15) is 9.59 Å². The third-order valence-corrected chi connectivity index (χ3v) is 7.20. The number of pyridine rings is 1. The van der Waals surface area contributed by atoms with Crippen molar-refractivity contribution in [3.63, 3.8) is 0 Å². The second-order valence-corrected chi connectivity index (χ2v) is 9.64. The average Bonchev–Trinajstić information content (AvgIpc) is 3.49. The number of rotatable bonds is 5. The molecule has 0 spiro atoms. The van der Waals surface area contributed by atoms with E-state index in [1.54, 1.807) is 25.2 Å². The van der Waals surface area contributed by atoms with Crippen LogP contribution in [0.2, 0.25) is 0 Å². The number of amides is 2. The van der Waals surface area contributed by atoms with Crippen molar-refractivity contribution in [2.24, 2.45) is 0 Å². The number of methoxy groups -OCH3 is 1. The lowest BCUT2D eigenvalue weighted by Gasteiger charge is -2.17. The lowest BCUT2D eigenvalue weighted by atomic mass is 9.95. The van der Waals surface area contributed by atoms with Crippen LogP contribution in [-0.2, 0) is 24.0 Å². The zero-order valence-electron chi connectivity index (χ0n) is 20.5. The summed E-state index contributed by atoms with van der Waals surface area (Å²) < 4.78 is 6.71. The SMILES string of the molecule is CCc1cc(C(=O)N(C)C)ccc1-n1nc(-c2cccnc2)c2c1-c1sc(NC(=O)OC)nc1CC2. The quantitative estimate of drug-likeness (QED) is 0.428. The lowest BCUT2D eigenvalue weighted by Crippen LogP contribution is -2.22. The average molecular weight is 503 g/mol. The zero-order chi connectivity index (χ0) is 25.4. The first kappa shape index (κ1) is 23.7. The topological polar surface area (TPSA) is 102 Å². The van der Waals surface area contributed by atoms with E-state index in [0.717, 1.165) is 63.6 Å². The summed E-state index contributed by atoms with van der Waals surface area (Å²) in [6.45, 7) is 2.07. The van der Waals surface area contributed by atoms with Crippen LogP contribution in [-0.4, -0.2) is 57.9 Å². The zero-order valence-corrected chi connectivity index (χ0v) is 21.3. The Hall–Kier alpha value is -4.05. The Morgan fingerprint density at radius 1 is 1.22 bits per heavy atom. The number of hydrogen-bond acceptors (Lipinski definition) is 7. The molecule has 0 unspecified atom stereocenters. The summed E-state index contributed by atoms with van der Waals surface area (Å²) in [4.78, 5) is 35.9. The van der Waals surface area contributed by atoms with Crippen molar-refractivity contribution >= 4 is 28.5 Å². The molecule has 9 nitrogen and oxygen atoms in total. The van der Waals surface area contributed by atoms with E-state index in [1.807, 2.05) is 41.2 Å². The van der Waals surface area contributed by atoms with Crippen LogP contribution < -0.4 is 5.32 Å². The fourth-order valence-electron chi connectivity index (χ4n) is 4.44. The number of thiazole rings is 1. The molecule has 36 heavy (non-hydrogen) atoms. The minimum absolute atomic E-state index is 0.0435. The highest BCUT2D eigenvalue weighted by Gasteiger charge is 2.30. The van der Waals surface area contributed by atoms with Crippen LogP contribution in [0.15, 0.2) is 42.7 Å². The Balaban J connectivity index is 1.71. The molecule has 3 aromatic heterocycles. The van der Waals surface area contributed by atoms with Gasteiger partial charge in [0.2, 0.25) is 0 Å². The van der Waals surface area contributed by atoms with Gasteiger partial charge in [0, 0.05) is 43.2 Å². The maximum absolute atomic E-state index is 12.6. The molecular formula is C26H26N6O3S. The second-order valence-electron chi connectivity index (χ2n) is 8.64. The van der Waals surface area contributed by atoms with Crippen LogP contribution in [0.3, 0.4) is 0 Å². The molecule has 0 saturated heterocycles. The first-order valence-electron chi connectivity index (χ1n) is 11.6. The van der Waals surface area contributed by atoms with Gasteiger partial charge in [0.05, 0.1) is 34.8 Å². The van der Waals surface area contributed by atoms with Crippen molar-refractivity contribution in [2.45, 2.75) is 26.2 Å². The van der Waals surface area contributed by atoms with Gasteiger partial charge in [-0.3, -0.25) is 15.1 Å². The number of nitrogens with zero attached hydrogens (tertiary/aromatic N) is 5. The van der Waals surface area contributed by atoms with Gasteiger partial charge in [-0.2, -0.15) is 5.10 Å². The molecule has 0 bridgehead atoms. The third-order valence-electron chi connectivity index (χ3n) is 6.18. The van der Waals surface area contributed by atoms with E-state index in [4.69, 9.17) is 9.84 Å². The van der Waals surface area contributed by atoms with Gasteiger partial charge in [0.1, 0.15) is 0 Å². The molecule has 0 aliphatic heterocycles. The van der Waals surface area contributed by atoms with Crippen LogP contribution in [0.5, 0.6) is 0 Å². The summed E-state index contributed by atoms with van der Waals surface area (Å²) in [6.07, 6.45) is 5.23. The van der Waals surface area contributed by atoms with E-state index in [0.29, 0.717) is 10.7 Å². The fraction of sp³-hybridized carbons (Fsp3) is 0.269. The first-order valence-corrected chi connectivity index (χ1v) is 12.4. The van der Waals surface area contributed by atoms with Crippen molar-refractivity contribution in [2.75, 3.05) is 26.5 Å². The van der Waals surface area contributed by atoms with Gasteiger partial charge >= 0.3 is 6.09 Å². The number of hydrogen-bond donors (Lipinski definition) is 1. The van der Waals surface area contributed by atoms with Crippen LogP contribution in [0.4, 0.5) is 9.93 Å². The minimum Gasteiger partial charge on any atom is -0.453 e. The van der Waals surface area contributed by atoms with E-state index in [1.165, 1.54) is 18.4 Å². The smallest absolute Gasteiger partial charge is 0.413 e. The third kappa shape index (κ3) is 4.13. The molecule has 5 rings (SSSR count). The van der Waals surface area contributed by atoms with E-state index < -0.39 is 6.09 Å². The van der Waals surface area contributed by atoms with Crippen LogP contribution >= 0.6 is 11.3 Å². The largest absolute Gasteiger partial charge is 0.453 e. The number of ether oxygens (including phenoxy) is 1. The molecule has 2 amide bonds. The molecule has 184 valence electrons. The number of fused-ring (bicyclic) bond motifs is 3. The van der Waals surface area contributed by atoms with Crippen LogP contribution in [0.1, 0.15) is 34.1 Å². The number of carbonyl (C=O) groups excluding carboxylic acids is 2. The van der Waals surface area contributed by atoms with Crippen molar-refractivity contribution < 1.29 is 14.3 Å². The molecule has 1 aromatic carbocycles. The summed E-state index contributed by atoms with van der Waals surface area (Å²) in [5.41, 5.74) is 7.33. The molecule has 0 radical (unpaired) electrons. The number of aryl methyl sites for hydroxylation is 2. The number of nitrogens with one attached hydrogen (secondary N) is 1. The standard InChI is InChI=1S/C26H26N6O3S/c1-5-15-13-16(24(33)31(2)3)8-11-20(15)32-22-18(21(30-32)17-7-6-12-27-14-17)9-10-19-23(22)36-25(28-19)29-26(34)35-4/h6-8,11-14H,5,9-10H2,1-4H3,(H,28,29,34). The van der Waals surface area contributed by atoms with Crippen LogP contribution in [0.25, 0.3) is 27.5 Å². The number of carbonyl (C=O) groups is 2. The van der Waals surface area contributed by atoms with E-state index in [-0.39, 0.29) is 5.91 Å². The van der Waals surface area contributed by atoms with Gasteiger partial charge in [0.15, 0.2) is 5.13 Å². The highest BCUT2D eigenvalue weighted by molar-refractivity contribution is 7.19. The number of benzene rings is 1. The van der Waals surface area contributed by atoms with E-state index in [2.05, 4.69) is 22.2 Å². The van der Waals surface area contributed by atoms with E-state index >= 15 is 0 Å². The number of anilines is 1. The molecule has 0 atom stereocenters. The maximum Gasteiger partial charge on any atom is 0.413 e. The summed E-state index contributed by atoms with van der Waals surface area (Å²) in [5, 5.41) is 8.26. The first-order chi connectivity index (χ1) is 17.4. The van der Waals surface area contributed by atoms with Gasteiger partial charge in [-0.1, -0.05) is 18.3 Å². The van der Waals surface area contributed by atoms with Crippen molar-refractivity contribution in [3.8, 4) is 27.5 Å². The molecule has 0 saturated carbocycles. The molecule has 1 aliphatic rings. The van der Waals surface area contributed by atoms with Crippen molar-refractivity contribution in [3.05, 3.63) is 65.1 Å². The second kappa shape index (κ2) is 9.54. The van der Waals surface area contributed by atoms with Gasteiger partial charge in [-0.15, -0.1) is 0 Å². The Labute approximate surface area is 212 Å². The highest BCUT2D eigenvalue weighted by Crippen LogP contribution is 2.44. The van der Waals surface area contributed by atoms with Crippen molar-refractivity contribution in [1.29, 1.82) is 0 Å². The Kier molecular flexibility index (Phi) is 6.27. The van der Waals surface area contributed by atoms with Gasteiger partial charge in [0.25, 0.3) is 5.91 Å². The Morgan fingerprint density at radius 2 is 2.06 bits per heavy atom. The molecule has 10 heteroatoms. The number of aromatic nitrogens is 4. The van der Waals surface area contributed by atoms with Gasteiger partial charge in [-0.25, -0.2) is 14.5 Å². The normalized spacial score (nSPS) is 12.0. The molecule has 1 N–H and O–H groups in total. The predicted octanol–water partition coefficient (Wildman–Crippen LogP) is 4.60. The summed E-state index contributed by atoms with van der Waals surface area (Å²) >= 11 is 1.40. The summed E-state index contributed by atoms with van der Waals surface area (Å²) in [5.74, 6) is -0.0435. The van der Waals surface area contributed by atoms with Gasteiger partial charge in [-0.05, 0) is 55.2 Å². The maximum atomic E-state index is 12.6. The molecule has 4 aromatic rings. The molecule has 3 heterocycles. The summed E-state index contributed by atoms with van der Waals surface area (Å²) in [7, 11) is 4.82. The lowest BCUT2D eigenvalue weighted by molar-refractivity contribution is 0.0827. The predicted molar refractivity (Wildman–Crippen MR) is 139 cm³/mol. The molecular weight excluding hydrogens is 476 g/mol.